The maximum atomic E-state index is 11.3. The largest absolute Gasteiger partial charge is 0.342 e. The fraction of sp³-hybridized carbons (Fsp3) is 0.857. The van der Waals surface area contributed by atoms with E-state index in [1.807, 2.05) is 22.6 Å². The summed E-state index contributed by atoms with van der Waals surface area (Å²) in [5.74, 6) is 0.0680. The predicted octanol–water partition coefficient (Wildman–Crippen LogP) is -0.299. The van der Waals surface area contributed by atoms with Crippen molar-refractivity contribution in [2.45, 2.75) is 18.1 Å². The van der Waals surface area contributed by atoms with Gasteiger partial charge in [-0.3, -0.25) is 4.79 Å². The molecule has 1 aliphatic heterocycles. The van der Waals surface area contributed by atoms with Gasteiger partial charge in [-0.1, -0.05) is 22.6 Å². The van der Waals surface area contributed by atoms with E-state index in [9.17, 15) is 13.2 Å². The van der Waals surface area contributed by atoms with E-state index >= 15 is 0 Å². The quantitative estimate of drug-likeness (QED) is 0.557. The molecule has 0 aromatic rings. The van der Waals surface area contributed by atoms with E-state index in [0.29, 0.717) is 30.4 Å². The number of likely N-dealkylation sites (tertiary alicyclic amines) is 1. The van der Waals surface area contributed by atoms with Gasteiger partial charge in [0.25, 0.3) is 0 Å². The number of carbonyl (C=O) groups excluding carboxylic acids is 1. The lowest BCUT2D eigenvalue weighted by Gasteiger charge is -2.30. The smallest absolute Gasteiger partial charge is 0.232 e. The van der Waals surface area contributed by atoms with Crippen molar-refractivity contribution in [3.05, 3.63) is 0 Å². The van der Waals surface area contributed by atoms with Crippen LogP contribution in [0.4, 0.5) is 0 Å². The molecule has 0 bridgehead atoms. The maximum absolute atomic E-state index is 11.3. The van der Waals surface area contributed by atoms with Crippen molar-refractivity contribution in [1.82, 2.24) is 4.90 Å². The second kappa shape index (κ2) is 4.75. The van der Waals surface area contributed by atoms with Crippen molar-refractivity contribution in [3.63, 3.8) is 0 Å². The monoisotopic (exact) mass is 332 g/mol. The number of hydrogen-bond acceptors (Lipinski definition) is 3. The van der Waals surface area contributed by atoms with Gasteiger partial charge in [-0.15, -0.1) is 0 Å². The Morgan fingerprint density at radius 1 is 1.43 bits per heavy atom. The first-order chi connectivity index (χ1) is 6.45. The Labute approximate surface area is 97.2 Å². The van der Waals surface area contributed by atoms with Gasteiger partial charge in [0.15, 0.2) is 0 Å². The van der Waals surface area contributed by atoms with Gasteiger partial charge >= 0.3 is 0 Å². The summed E-state index contributed by atoms with van der Waals surface area (Å²) in [7, 11) is -3.42. The number of piperidine rings is 1. The van der Waals surface area contributed by atoms with Crippen molar-refractivity contribution in [3.8, 4) is 0 Å². The van der Waals surface area contributed by atoms with Gasteiger partial charge in [0.05, 0.1) is 9.68 Å². The molecule has 1 fully saturated rings. The summed E-state index contributed by atoms with van der Waals surface area (Å²) in [6.45, 7) is 1.01. The lowest BCUT2D eigenvalue weighted by atomic mass is 10.1. The molecule has 0 unspecified atom stereocenters. The van der Waals surface area contributed by atoms with Crippen LogP contribution in [0.3, 0.4) is 0 Å². The number of rotatable bonds is 2. The van der Waals surface area contributed by atoms with Crippen molar-refractivity contribution >= 4 is 38.5 Å². The van der Waals surface area contributed by atoms with Gasteiger partial charge in [0.2, 0.25) is 15.9 Å². The fourth-order valence-electron chi connectivity index (χ4n) is 1.52. The van der Waals surface area contributed by atoms with Crippen LogP contribution >= 0.6 is 22.6 Å². The zero-order valence-electron chi connectivity index (χ0n) is 7.65. The average Bonchev–Trinajstić information content (AvgIpc) is 2.15. The van der Waals surface area contributed by atoms with E-state index in [1.165, 1.54) is 0 Å². The zero-order chi connectivity index (χ0) is 10.8. The fourth-order valence-corrected chi connectivity index (χ4v) is 2.87. The third-order valence-electron chi connectivity index (χ3n) is 2.37. The molecule has 1 saturated heterocycles. The summed E-state index contributed by atoms with van der Waals surface area (Å²) in [6, 6.07) is 0. The van der Waals surface area contributed by atoms with Gasteiger partial charge < -0.3 is 4.90 Å². The molecule has 0 aliphatic carbocycles. The van der Waals surface area contributed by atoms with Gasteiger partial charge in [0, 0.05) is 13.1 Å². The van der Waals surface area contributed by atoms with Crippen LogP contribution in [-0.2, 0) is 14.8 Å². The van der Waals surface area contributed by atoms with Gasteiger partial charge in [-0.25, -0.2) is 13.6 Å². The molecule has 1 heterocycles. The highest BCUT2D eigenvalue weighted by Gasteiger charge is 2.28. The molecule has 0 spiro atoms. The third kappa shape index (κ3) is 3.06. The van der Waals surface area contributed by atoms with Crippen LogP contribution in [-0.4, -0.2) is 42.0 Å². The molecule has 82 valence electrons. The summed E-state index contributed by atoms with van der Waals surface area (Å²) in [6.07, 6.45) is 0.919. The Hall–Kier alpha value is 0.110. The van der Waals surface area contributed by atoms with Crippen molar-refractivity contribution in [2.75, 3.05) is 17.5 Å². The number of primary sulfonamides is 1. The Balaban J connectivity index is 2.51. The van der Waals surface area contributed by atoms with Crippen LogP contribution in [0, 0.1) is 0 Å². The number of sulfonamides is 1. The van der Waals surface area contributed by atoms with Crippen LogP contribution in [0.1, 0.15) is 12.8 Å². The second-order valence-corrected chi connectivity index (χ2v) is 5.91. The van der Waals surface area contributed by atoms with Crippen molar-refractivity contribution in [1.29, 1.82) is 0 Å². The molecule has 0 aromatic carbocycles. The number of halogens is 1. The lowest BCUT2D eigenvalue weighted by molar-refractivity contribution is -0.128. The van der Waals surface area contributed by atoms with Gasteiger partial charge in [-0.2, -0.15) is 0 Å². The first kappa shape index (κ1) is 12.2. The summed E-state index contributed by atoms with van der Waals surface area (Å²) in [5, 5.41) is 4.56. The van der Waals surface area contributed by atoms with E-state index in [1.54, 1.807) is 4.90 Å². The standard InChI is InChI=1S/C7H13IN2O3S/c8-5-7(11)10-3-1-6(2-4-10)14(9,12)13/h6H,1-5H2,(H2,9,12,13). The van der Waals surface area contributed by atoms with Crippen molar-refractivity contribution in [2.24, 2.45) is 5.14 Å². The minimum Gasteiger partial charge on any atom is -0.342 e. The van der Waals surface area contributed by atoms with E-state index < -0.39 is 15.3 Å². The molecule has 0 atom stereocenters. The van der Waals surface area contributed by atoms with Gasteiger partial charge in [-0.05, 0) is 12.8 Å². The molecule has 1 aliphatic rings. The van der Waals surface area contributed by atoms with Crippen molar-refractivity contribution < 1.29 is 13.2 Å². The van der Waals surface area contributed by atoms with Crippen LogP contribution in [0.2, 0.25) is 0 Å². The summed E-state index contributed by atoms with van der Waals surface area (Å²) in [4.78, 5) is 12.9. The Morgan fingerprint density at radius 3 is 2.29 bits per heavy atom. The van der Waals surface area contributed by atoms with Crippen LogP contribution in [0.5, 0.6) is 0 Å². The topological polar surface area (TPSA) is 80.5 Å². The van der Waals surface area contributed by atoms with Crippen LogP contribution in [0.25, 0.3) is 0 Å². The molecule has 0 aromatic heterocycles. The van der Waals surface area contributed by atoms with E-state index in [-0.39, 0.29) is 5.91 Å². The normalized spacial score (nSPS) is 19.7. The third-order valence-corrected chi connectivity index (χ3v) is 4.43. The highest BCUT2D eigenvalue weighted by atomic mass is 127. The lowest BCUT2D eigenvalue weighted by Crippen LogP contribution is -2.44. The predicted molar refractivity (Wildman–Crippen MR) is 61.6 cm³/mol. The average molecular weight is 332 g/mol. The summed E-state index contributed by atoms with van der Waals surface area (Å²) >= 11 is 2.00. The molecular weight excluding hydrogens is 319 g/mol. The van der Waals surface area contributed by atoms with E-state index in [0.717, 1.165) is 0 Å². The van der Waals surface area contributed by atoms with Gasteiger partial charge in [0.1, 0.15) is 0 Å². The molecule has 2 N–H and O–H groups in total. The first-order valence-corrected chi connectivity index (χ1v) is 7.44. The Morgan fingerprint density at radius 2 is 1.93 bits per heavy atom. The highest BCUT2D eigenvalue weighted by molar-refractivity contribution is 14.1. The molecule has 14 heavy (non-hydrogen) atoms. The second-order valence-electron chi connectivity index (χ2n) is 3.30. The molecule has 7 heteroatoms. The number of nitrogens with zero attached hydrogens (tertiary/aromatic N) is 1. The first-order valence-electron chi connectivity index (χ1n) is 4.30. The number of alkyl halides is 1. The van der Waals surface area contributed by atoms with Crippen LogP contribution < -0.4 is 5.14 Å². The molecule has 1 amide bonds. The van der Waals surface area contributed by atoms with Crippen LogP contribution in [0.15, 0.2) is 0 Å². The molecule has 0 radical (unpaired) electrons. The molecule has 1 rings (SSSR count). The number of hydrogen-bond donors (Lipinski definition) is 1. The van der Waals surface area contributed by atoms with E-state index in [4.69, 9.17) is 5.14 Å². The SMILES string of the molecule is NS(=O)(=O)C1CCN(C(=O)CI)CC1. The number of carbonyl (C=O) groups is 1. The summed E-state index contributed by atoms with van der Waals surface area (Å²) < 4.78 is 22.5. The molecule has 5 nitrogen and oxygen atoms in total. The minimum atomic E-state index is -3.42. The Kier molecular flexibility index (Phi) is 4.14. The summed E-state index contributed by atoms with van der Waals surface area (Å²) in [5.41, 5.74) is 0. The number of nitrogens with two attached hydrogens (primary N) is 1. The molecular formula is C7H13IN2O3S. The minimum absolute atomic E-state index is 0.0680. The Bertz CT molecular complexity index is 309. The number of amides is 1. The molecule has 0 saturated carbocycles. The zero-order valence-corrected chi connectivity index (χ0v) is 10.6. The maximum Gasteiger partial charge on any atom is 0.232 e. The van der Waals surface area contributed by atoms with E-state index in [2.05, 4.69) is 0 Å². The highest BCUT2D eigenvalue weighted by Crippen LogP contribution is 2.16.